The maximum atomic E-state index is 12.3. The van der Waals surface area contributed by atoms with Crippen LogP contribution in [0.25, 0.3) is 0 Å². The molecule has 1 aliphatic rings. The minimum atomic E-state index is -0.0539. The first kappa shape index (κ1) is 14.7. The lowest BCUT2D eigenvalue weighted by molar-refractivity contribution is 0.0922. The molecule has 1 aliphatic carbocycles. The van der Waals surface area contributed by atoms with Gasteiger partial charge in [-0.2, -0.15) is 0 Å². The molecule has 1 fully saturated rings. The van der Waals surface area contributed by atoms with E-state index in [4.69, 9.17) is 9.47 Å². The molecule has 4 nitrogen and oxygen atoms in total. The van der Waals surface area contributed by atoms with Gasteiger partial charge >= 0.3 is 0 Å². The second-order valence-corrected chi connectivity index (χ2v) is 5.53. The summed E-state index contributed by atoms with van der Waals surface area (Å²) in [6.45, 7) is 2.27. The predicted octanol–water partition coefficient (Wildman–Crippen LogP) is 3.01. The van der Waals surface area contributed by atoms with Crippen molar-refractivity contribution in [3.05, 3.63) is 23.8 Å². The first-order valence-corrected chi connectivity index (χ1v) is 7.16. The molecule has 0 saturated heterocycles. The maximum absolute atomic E-state index is 12.3. The van der Waals surface area contributed by atoms with E-state index in [1.54, 1.807) is 32.4 Å². The third-order valence-electron chi connectivity index (χ3n) is 3.96. The Balaban J connectivity index is 2.04. The predicted molar refractivity (Wildman–Crippen MR) is 78.4 cm³/mol. The van der Waals surface area contributed by atoms with Crippen LogP contribution in [-0.2, 0) is 0 Å². The molecule has 0 heterocycles. The molecule has 110 valence electrons. The van der Waals surface area contributed by atoms with Crippen molar-refractivity contribution < 1.29 is 14.3 Å². The average molecular weight is 277 g/mol. The highest BCUT2D eigenvalue weighted by atomic mass is 16.5. The van der Waals surface area contributed by atoms with Crippen molar-refractivity contribution in [2.75, 3.05) is 14.2 Å². The molecule has 1 N–H and O–H groups in total. The Kier molecular flexibility index (Phi) is 4.88. The van der Waals surface area contributed by atoms with Crippen molar-refractivity contribution in [2.45, 2.75) is 38.6 Å². The van der Waals surface area contributed by atoms with Crippen LogP contribution in [0.5, 0.6) is 11.5 Å². The minimum Gasteiger partial charge on any atom is -0.497 e. The first-order valence-electron chi connectivity index (χ1n) is 7.16. The van der Waals surface area contributed by atoms with Crippen LogP contribution in [0.1, 0.15) is 43.0 Å². The number of hydrogen-bond acceptors (Lipinski definition) is 3. The van der Waals surface area contributed by atoms with Crippen molar-refractivity contribution in [1.29, 1.82) is 0 Å². The smallest absolute Gasteiger partial charge is 0.251 e. The summed E-state index contributed by atoms with van der Waals surface area (Å²) in [5.41, 5.74) is 0.583. The number of methoxy groups -OCH3 is 2. The van der Waals surface area contributed by atoms with Crippen LogP contribution in [0.2, 0.25) is 0 Å². The number of rotatable bonds is 4. The highest BCUT2D eigenvalue weighted by molar-refractivity contribution is 5.95. The molecular weight excluding hydrogens is 254 g/mol. The van der Waals surface area contributed by atoms with Gasteiger partial charge in [0.25, 0.3) is 5.91 Å². The van der Waals surface area contributed by atoms with E-state index in [1.807, 2.05) is 0 Å². The van der Waals surface area contributed by atoms with Crippen molar-refractivity contribution in [1.82, 2.24) is 5.32 Å². The molecule has 1 aromatic carbocycles. The molecule has 20 heavy (non-hydrogen) atoms. The van der Waals surface area contributed by atoms with Crippen LogP contribution in [-0.4, -0.2) is 26.2 Å². The number of ether oxygens (including phenoxy) is 2. The molecule has 0 spiro atoms. The van der Waals surface area contributed by atoms with E-state index in [2.05, 4.69) is 12.2 Å². The normalized spacial score (nSPS) is 22.1. The van der Waals surface area contributed by atoms with E-state index in [0.29, 0.717) is 17.1 Å². The Morgan fingerprint density at radius 2 is 1.60 bits per heavy atom. The van der Waals surface area contributed by atoms with Gasteiger partial charge in [-0.15, -0.1) is 0 Å². The lowest BCUT2D eigenvalue weighted by Gasteiger charge is -2.27. The van der Waals surface area contributed by atoms with Gasteiger partial charge in [0.05, 0.1) is 14.2 Å². The number of hydrogen-bond donors (Lipinski definition) is 1. The molecule has 1 aromatic rings. The van der Waals surface area contributed by atoms with Crippen molar-refractivity contribution in [2.24, 2.45) is 5.92 Å². The summed E-state index contributed by atoms with van der Waals surface area (Å²) < 4.78 is 10.4. The quantitative estimate of drug-likeness (QED) is 0.920. The summed E-state index contributed by atoms with van der Waals surface area (Å²) >= 11 is 0. The molecule has 1 saturated carbocycles. The fourth-order valence-corrected chi connectivity index (χ4v) is 2.61. The standard InChI is InChI=1S/C16H23NO3/c1-11-4-6-13(7-5-11)17-16(18)12-8-14(19-2)10-15(9-12)20-3/h8-11,13H,4-7H2,1-3H3,(H,17,18). The van der Waals surface area contributed by atoms with Gasteiger partial charge in [0.2, 0.25) is 0 Å². The van der Waals surface area contributed by atoms with E-state index in [9.17, 15) is 4.79 Å². The molecule has 4 heteroatoms. The highest BCUT2D eigenvalue weighted by Crippen LogP contribution is 2.25. The molecular formula is C16H23NO3. The first-order chi connectivity index (χ1) is 9.62. The van der Waals surface area contributed by atoms with Gasteiger partial charge in [0.1, 0.15) is 11.5 Å². The molecule has 0 aromatic heterocycles. The van der Waals surface area contributed by atoms with Crippen LogP contribution in [0.15, 0.2) is 18.2 Å². The summed E-state index contributed by atoms with van der Waals surface area (Å²) in [5.74, 6) is 1.99. The monoisotopic (exact) mass is 277 g/mol. The number of carbonyl (C=O) groups excluding carboxylic acids is 1. The zero-order chi connectivity index (χ0) is 14.5. The van der Waals surface area contributed by atoms with Crippen LogP contribution < -0.4 is 14.8 Å². The lowest BCUT2D eigenvalue weighted by Crippen LogP contribution is -2.37. The van der Waals surface area contributed by atoms with Gasteiger partial charge in [-0.05, 0) is 43.7 Å². The molecule has 0 unspecified atom stereocenters. The van der Waals surface area contributed by atoms with E-state index >= 15 is 0 Å². The number of amides is 1. The number of benzene rings is 1. The summed E-state index contributed by atoms with van der Waals surface area (Å²) in [7, 11) is 3.16. The Labute approximate surface area is 120 Å². The fraction of sp³-hybridized carbons (Fsp3) is 0.562. The molecule has 0 radical (unpaired) electrons. The van der Waals surface area contributed by atoms with Crippen LogP contribution in [0.4, 0.5) is 0 Å². The fourth-order valence-electron chi connectivity index (χ4n) is 2.61. The van der Waals surface area contributed by atoms with Crippen molar-refractivity contribution in [3.63, 3.8) is 0 Å². The molecule has 0 aliphatic heterocycles. The topological polar surface area (TPSA) is 47.6 Å². The molecule has 0 atom stereocenters. The lowest BCUT2D eigenvalue weighted by atomic mass is 9.87. The van der Waals surface area contributed by atoms with Gasteiger partial charge in [-0.3, -0.25) is 4.79 Å². The van der Waals surface area contributed by atoms with Gasteiger partial charge < -0.3 is 14.8 Å². The second-order valence-electron chi connectivity index (χ2n) is 5.53. The van der Waals surface area contributed by atoms with E-state index < -0.39 is 0 Å². The van der Waals surface area contributed by atoms with Crippen molar-refractivity contribution >= 4 is 5.91 Å². The summed E-state index contributed by atoms with van der Waals surface area (Å²) in [5, 5.41) is 3.11. The van der Waals surface area contributed by atoms with Crippen LogP contribution in [0.3, 0.4) is 0 Å². The number of nitrogens with one attached hydrogen (secondary N) is 1. The average Bonchev–Trinajstić information content (AvgIpc) is 2.48. The van der Waals surface area contributed by atoms with Crippen LogP contribution >= 0.6 is 0 Å². The van der Waals surface area contributed by atoms with Gasteiger partial charge in [-0.1, -0.05) is 6.92 Å². The maximum Gasteiger partial charge on any atom is 0.251 e. The minimum absolute atomic E-state index is 0.0539. The van der Waals surface area contributed by atoms with Crippen molar-refractivity contribution in [3.8, 4) is 11.5 Å². The Morgan fingerprint density at radius 1 is 1.05 bits per heavy atom. The van der Waals surface area contributed by atoms with E-state index in [1.165, 1.54) is 12.8 Å². The molecule has 2 rings (SSSR count). The summed E-state index contributed by atoms with van der Waals surface area (Å²) in [6, 6.07) is 5.53. The SMILES string of the molecule is COc1cc(OC)cc(C(=O)NC2CCC(C)CC2)c1. The van der Waals surface area contributed by atoms with Gasteiger partial charge in [0, 0.05) is 17.7 Å². The van der Waals surface area contributed by atoms with Gasteiger partial charge in [0.15, 0.2) is 0 Å². The Bertz CT molecular complexity index is 443. The largest absolute Gasteiger partial charge is 0.497 e. The zero-order valence-corrected chi connectivity index (χ0v) is 12.4. The third-order valence-corrected chi connectivity index (χ3v) is 3.96. The third kappa shape index (κ3) is 3.65. The van der Waals surface area contributed by atoms with E-state index in [0.717, 1.165) is 18.8 Å². The Hall–Kier alpha value is -1.71. The van der Waals surface area contributed by atoms with Crippen LogP contribution in [0, 0.1) is 5.92 Å². The molecule has 1 amide bonds. The Morgan fingerprint density at radius 3 is 2.10 bits per heavy atom. The highest BCUT2D eigenvalue weighted by Gasteiger charge is 2.20. The van der Waals surface area contributed by atoms with E-state index in [-0.39, 0.29) is 11.9 Å². The molecule has 0 bridgehead atoms. The zero-order valence-electron chi connectivity index (χ0n) is 12.4. The summed E-state index contributed by atoms with van der Waals surface area (Å²) in [6.07, 6.45) is 4.50. The second kappa shape index (κ2) is 6.64. The number of carbonyl (C=O) groups is 1. The summed E-state index contributed by atoms with van der Waals surface area (Å²) in [4.78, 5) is 12.3. The van der Waals surface area contributed by atoms with Gasteiger partial charge in [-0.25, -0.2) is 0 Å².